The molecule has 1 nitrogen and oxygen atoms in total. The minimum atomic E-state index is 0.126. The summed E-state index contributed by atoms with van der Waals surface area (Å²) in [7, 11) is 0. The maximum absolute atomic E-state index is 6.54. The van der Waals surface area contributed by atoms with Crippen LogP contribution < -0.4 is 5.73 Å². The molecule has 0 aromatic rings. The van der Waals surface area contributed by atoms with Crippen LogP contribution in [0.4, 0.5) is 0 Å². The zero-order valence-corrected chi connectivity index (χ0v) is 10.2. The number of hydrogen-bond donors (Lipinski definition) is 1. The van der Waals surface area contributed by atoms with Gasteiger partial charge in [-0.25, -0.2) is 0 Å². The van der Waals surface area contributed by atoms with Gasteiger partial charge in [-0.15, -0.1) is 0 Å². The maximum Gasteiger partial charge on any atom is 0.0180 e. The third-order valence-electron chi connectivity index (χ3n) is 4.49. The van der Waals surface area contributed by atoms with Crippen LogP contribution in [-0.4, -0.2) is 5.54 Å². The van der Waals surface area contributed by atoms with Crippen LogP contribution in [0.3, 0.4) is 0 Å². The van der Waals surface area contributed by atoms with Gasteiger partial charge < -0.3 is 5.73 Å². The summed E-state index contributed by atoms with van der Waals surface area (Å²) < 4.78 is 0. The molecule has 2 N–H and O–H groups in total. The Balaban J connectivity index is 2.70. The van der Waals surface area contributed by atoms with Crippen LogP contribution in [0.1, 0.15) is 65.7 Å². The summed E-state index contributed by atoms with van der Waals surface area (Å²) in [6.45, 7) is 6.84. The van der Waals surface area contributed by atoms with Crippen LogP contribution in [0.15, 0.2) is 0 Å². The molecular formula is C13H27N. The van der Waals surface area contributed by atoms with Crippen LogP contribution in [0.2, 0.25) is 0 Å². The Kier molecular flexibility index (Phi) is 4.43. The van der Waals surface area contributed by atoms with Crippen molar-refractivity contribution in [2.45, 2.75) is 71.3 Å². The lowest BCUT2D eigenvalue weighted by Gasteiger charge is -2.43. The highest BCUT2D eigenvalue weighted by Crippen LogP contribution is 2.40. The van der Waals surface area contributed by atoms with Gasteiger partial charge in [0.25, 0.3) is 0 Å². The maximum atomic E-state index is 6.54. The van der Waals surface area contributed by atoms with E-state index in [4.69, 9.17) is 5.73 Å². The molecule has 84 valence electrons. The SMILES string of the molecule is CCC1CCCCC1C(N)(CC)CC. The largest absolute Gasteiger partial charge is 0.325 e. The van der Waals surface area contributed by atoms with Crippen molar-refractivity contribution in [2.75, 3.05) is 0 Å². The first-order valence-corrected chi connectivity index (χ1v) is 6.46. The summed E-state index contributed by atoms with van der Waals surface area (Å²) in [5.74, 6) is 1.69. The summed E-state index contributed by atoms with van der Waals surface area (Å²) in [5, 5.41) is 0. The van der Waals surface area contributed by atoms with Crippen molar-refractivity contribution in [1.82, 2.24) is 0 Å². The molecule has 0 bridgehead atoms. The molecule has 1 aliphatic rings. The van der Waals surface area contributed by atoms with E-state index < -0.39 is 0 Å². The van der Waals surface area contributed by atoms with Gasteiger partial charge in [0, 0.05) is 5.54 Å². The minimum absolute atomic E-state index is 0.126. The molecule has 0 radical (unpaired) electrons. The summed E-state index contributed by atoms with van der Waals surface area (Å²) in [4.78, 5) is 0. The van der Waals surface area contributed by atoms with Gasteiger partial charge >= 0.3 is 0 Å². The van der Waals surface area contributed by atoms with E-state index in [2.05, 4.69) is 20.8 Å². The summed E-state index contributed by atoms with van der Waals surface area (Å²) in [6.07, 6.45) is 9.23. The lowest BCUT2D eigenvalue weighted by atomic mass is 9.66. The zero-order chi connectivity index (χ0) is 10.6. The van der Waals surface area contributed by atoms with Crippen molar-refractivity contribution in [3.05, 3.63) is 0 Å². The van der Waals surface area contributed by atoms with E-state index >= 15 is 0 Å². The van der Waals surface area contributed by atoms with Crippen LogP contribution in [-0.2, 0) is 0 Å². The van der Waals surface area contributed by atoms with E-state index in [-0.39, 0.29) is 5.54 Å². The second-order valence-electron chi connectivity index (χ2n) is 5.00. The molecule has 0 saturated heterocycles. The van der Waals surface area contributed by atoms with Crippen molar-refractivity contribution >= 4 is 0 Å². The lowest BCUT2D eigenvalue weighted by molar-refractivity contribution is 0.119. The minimum Gasteiger partial charge on any atom is -0.325 e. The number of nitrogens with two attached hydrogens (primary N) is 1. The van der Waals surface area contributed by atoms with Crippen LogP contribution in [0, 0.1) is 11.8 Å². The van der Waals surface area contributed by atoms with E-state index in [9.17, 15) is 0 Å². The Hall–Kier alpha value is -0.0400. The summed E-state index contributed by atoms with van der Waals surface area (Å²) in [5.41, 5.74) is 6.66. The molecule has 0 aromatic heterocycles. The summed E-state index contributed by atoms with van der Waals surface area (Å²) >= 11 is 0. The van der Waals surface area contributed by atoms with Crippen molar-refractivity contribution in [2.24, 2.45) is 17.6 Å². The van der Waals surface area contributed by atoms with Gasteiger partial charge in [0.1, 0.15) is 0 Å². The van der Waals surface area contributed by atoms with E-state index in [1.54, 1.807) is 0 Å². The van der Waals surface area contributed by atoms with Gasteiger partial charge in [-0.1, -0.05) is 46.5 Å². The highest BCUT2D eigenvalue weighted by molar-refractivity contribution is 4.93. The normalized spacial score (nSPS) is 29.1. The fourth-order valence-electron chi connectivity index (χ4n) is 3.23. The highest BCUT2D eigenvalue weighted by Gasteiger charge is 2.37. The van der Waals surface area contributed by atoms with E-state index in [0.29, 0.717) is 0 Å². The first-order valence-electron chi connectivity index (χ1n) is 6.46. The van der Waals surface area contributed by atoms with Gasteiger partial charge in [-0.2, -0.15) is 0 Å². The molecule has 1 heteroatoms. The third kappa shape index (κ3) is 2.31. The molecule has 14 heavy (non-hydrogen) atoms. The Bertz CT molecular complexity index is 161. The molecule has 0 heterocycles. The molecule has 0 aliphatic heterocycles. The smallest absolute Gasteiger partial charge is 0.0180 e. The standard InChI is InChI=1S/C13H27N/c1-4-11-9-7-8-10-12(11)13(14,5-2)6-3/h11-12H,4-10,14H2,1-3H3. The molecule has 2 unspecified atom stereocenters. The fraction of sp³-hybridized carbons (Fsp3) is 1.00. The topological polar surface area (TPSA) is 26.0 Å². The predicted octanol–water partition coefficient (Wildman–Crippen LogP) is 3.72. The second-order valence-corrected chi connectivity index (χ2v) is 5.00. The summed E-state index contributed by atoms with van der Waals surface area (Å²) in [6, 6.07) is 0. The van der Waals surface area contributed by atoms with Crippen LogP contribution >= 0.6 is 0 Å². The fourth-order valence-corrected chi connectivity index (χ4v) is 3.23. The van der Waals surface area contributed by atoms with Gasteiger partial charge in [-0.05, 0) is 31.1 Å². The average molecular weight is 197 g/mol. The van der Waals surface area contributed by atoms with E-state index in [1.165, 1.54) is 32.1 Å². The van der Waals surface area contributed by atoms with Crippen molar-refractivity contribution in [3.63, 3.8) is 0 Å². The molecule has 2 atom stereocenters. The zero-order valence-electron chi connectivity index (χ0n) is 10.2. The Morgan fingerprint density at radius 2 is 1.64 bits per heavy atom. The lowest BCUT2D eigenvalue weighted by Crippen LogP contribution is -2.50. The highest BCUT2D eigenvalue weighted by atomic mass is 14.8. The number of rotatable bonds is 4. The van der Waals surface area contributed by atoms with E-state index in [0.717, 1.165) is 24.7 Å². The van der Waals surface area contributed by atoms with Crippen molar-refractivity contribution in [3.8, 4) is 0 Å². The van der Waals surface area contributed by atoms with E-state index in [1.807, 2.05) is 0 Å². The van der Waals surface area contributed by atoms with Gasteiger partial charge in [0.05, 0.1) is 0 Å². The van der Waals surface area contributed by atoms with Crippen molar-refractivity contribution in [1.29, 1.82) is 0 Å². The van der Waals surface area contributed by atoms with Gasteiger partial charge in [-0.3, -0.25) is 0 Å². The van der Waals surface area contributed by atoms with Crippen molar-refractivity contribution < 1.29 is 0 Å². The van der Waals surface area contributed by atoms with Crippen LogP contribution in [0.5, 0.6) is 0 Å². The molecule has 0 amide bonds. The molecular weight excluding hydrogens is 170 g/mol. The number of hydrogen-bond acceptors (Lipinski definition) is 1. The van der Waals surface area contributed by atoms with Crippen LogP contribution in [0.25, 0.3) is 0 Å². The Morgan fingerprint density at radius 3 is 2.14 bits per heavy atom. The first-order chi connectivity index (χ1) is 6.68. The first kappa shape index (κ1) is 12.0. The molecule has 0 spiro atoms. The second kappa shape index (κ2) is 5.16. The Morgan fingerprint density at radius 1 is 1.07 bits per heavy atom. The Labute approximate surface area is 89.5 Å². The predicted molar refractivity (Wildman–Crippen MR) is 63.2 cm³/mol. The molecule has 1 saturated carbocycles. The monoisotopic (exact) mass is 197 g/mol. The molecule has 1 fully saturated rings. The average Bonchev–Trinajstić information content (AvgIpc) is 2.28. The molecule has 1 rings (SSSR count). The molecule has 0 aromatic carbocycles. The molecule has 1 aliphatic carbocycles. The quantitative estimate of drug-likeness (QED) is 0.730. The van der Waals surface area contributed by atoms with Gasteiger partial charge in [0.15, 0.2) is 0 Å². The third-order valence-corrected chi connectivity index (χ3v) is 4.49. The van der Waals surface area contributed by atoms with Gasteiger partial charge in [0.2, 0.25) is 0 Å².